The summed E-state index contributed by atoms with van der Waals surface area (Å²) in [4.78, 5) is 32.3. The Labute approximate surface area is 178 Å². The van der Waals surface area contributed by atoms with Gasteiger partial charge in [0.25, 0.3) is 0 Å². The number of para-hydroxylation sites is 1. The molecule has 0 aliphatic heterocycles. The zero-order valence-corrected chi connectivity index (χ0v) is 17.8. The van der Waals surface area contributed by atoms with Crippen molar-refractivity contribution < 1.29 is 14.3 Å². The SMILES string of the molecule is Cc1cc(C(=O)COC(=O)CCCc2c[nH]c3ccccc23)c(C)n1-c1nccs1. The maximum absolute atomic E-state index is 12.6. The molecule has 4 aromatic rings. The molecule has 0 unspecified atom stereocenters. The van der Waals surface area contributed by atoms with Crippen LogP contribution in [0.4, 0.5) is 0 Å². The number of nitrogens with one attached hydrogen (secondary N) is 1. The van der Waals surface area contributed by atoms with Gasteiger partial charge >= 0.3 is 5.97 Å². The largest absolute Gasteiger partial charge is 0.457 e. The molecular formula is C23H23N3O3S. The van der Waals surface area contributed by atoms with Gasteiger partial charge in [-0.15, -0.1) is 11.3 Å². The zero-order valence-electron chi connectivity index (χ0n) is 17.0. The quantitative estimate of drug-likeness (QED) is 0.328. The molecule has 0 aliphatic carbocycles. The van der Waals surface area contributed by atoms with Gasteiger partial charge in [-0.25, -0.2) is 4.98 Å². The van der Waals surface area contributed by atoms with Gasteiger partial charge in [-0.3, -0.25) is 14.2 Å². The van der Waals surface area contributed by atoms with Crippen LogP contribution in [0.1, 0.15) is 40.2 Å². The smallest absolute Gasteiger partial charge is 0.306 e. The summed E-state index contributed by atoms with van der Waals surface area (Å²) in [5.74, 6) is -0.548. The van der Waals surface area contributed by atoms with E-state index in [-0.39, 0.29) is 24.8 Å². The van der Waals surface area contributed by atoms with Crippen molar-refractivity contribution in [3.63, 3.8) is 0 Å². The average molecular weight is 422 g/mol. The van der Waals surface area contributed by atoms with Crippen molar-refractivity contribution in [3.05, 3.63) is 70.6 Å². The molecule has 0 bridgehead atoms. The van der Waals surface area contributed by atoms with E-state index in [0.717, 1.165) is 28.5 Å². The molecule has 154 valence electrons. The van der Waals surface area contributed by atoms with E-state index in [2.05, 4.69) is 16.0 Å². The van der Waals surface area contributed by atoms with Crippen LogP contribution in [-0.2, 0) is 16.0 Å². The second-order valence-corrected chi connectivity index (χ2v) is 8.10. The fourth-order valence-electron chi connectivity index (χ4n) is 3.72. The van der Waals surface area contributed by atoms with Crippen molar-refractivity contribution in [2.45, 2.75) is 33.1 Å². The normalized spacial score (nSPS) is 11.1. The number of ether oxygens (including phenoxy) is 1. The number of Topliss-reactive ketones (excluding diaryl/α,β-unsaturated/α-hetero) is 1. The molecule has 1 aromatic carbocycles. The molecule has 3 aromatic heterocycles. The molecule has 4 rings (SSSR count). The van der Waals surface area contributed by atoms with E-state index >= 15 is 0 Å². The highest BCUT2D eigenvalue weighted by molar-refractivity contribution is 7.12. The second kappa shape index (κ2) is 8.67. The number of aromatic nitrogens is 3. The minimum absolute atomic E-state index is 0.198. The van der Waals surface area contributed by atoms with Crippen molar-refractivity contribution in [2.24, 2.45) is 0 Å². The first-order valence-electron chi connectivity index (χ1n) is 9.87. The van der Waals surface area contributed by atoms with Crippen LogP contribution in [0.25, 0.3) is 16.0 Å². The maximum Gasteiger partial charge on any atom is 0.306 e. The molecule has 6 nitrogen and oxygen atoms in total. The number of ketones is 1. The Morgan fingerprint density at radius 2 is 2.07 bits per heavy atom. The molecule has 0 atom stereocenters. The number of rotatable bonds is 8. The van der Waals surface area contributed by atoms with Crippen molar-refractivity contribution in [1.29, 1.82) is 0 Å². The molecule has 7 heteroatoms. The van der Waals surface area contributed by atoms with E-state index in [4.69, 9.17) is 4.74 Å². The van der Waals surface area contributed by atoms with Crippen LogP contribution in [0.5, 0.6) is 0 Å². The molecule has 3 heterocycles. The summed E-state index contributed by atoms with van der Waals surface area (Å²) in [6, 6.07) is 9.92. The molecule has 0 fully saturated rings. The molecule has 0 spiro atoms. The van der Waals surface area contributed by atoms with Crippen LogP contribution in [0.2, 0.25) is 0 Å². The van der Waals surface area contributed by atoms with E-state index in [0.29, 0.717) is 12.0 Å². The molecule has 0 saturated heterocycles. The number of thiazole rings is 1. The summed E-state index contributed by atoms with van der Waals surface area (Å²) in [5, 5.41) is 3.89. The third kappa shape index (κ3) is 4.07. The van der Waals surface area contributed by atoms with Crippen molar-refractivity contribution >= 4 is 34.0 Å². The van der Waals surface area contributed by atoms with E-state index < -0.39 is 0 Å². The Morgan fingerprint density at radius 3 is 2.87 bits per heavy atom. The van der Waals surface area contributed by atoms with Gasteiger partial charge in [0.05, 0.1) is 0 Å². The Morgan fingerprint density at radius 1 is 1.23 bits per heavy atom. The highest BCUT2D eigenvalue weighted by atomic mass is 32.1. The summed E-state index contributed by atoms with van der Waals surface area (Å²) in [6.45, 7) is 3.57. The topological polar surface area (TPSA) is 77.0 Å². The van der Waals surface area contributed by atoms with Crippen LogP contribution >= 0.6 is 11.3 Å². The molecule has 0 aliphatic rings. The highest BCUT2D eigenvalue weighted by Crippen LogP contribution is 2.23. The number of esters is 1. The zero-order chi connectivity index (χ0) is 21.1. The number of nitrogens with zero attached hydrogens (tertiary/aromatic N) is 2. The van der Waals surface area contributed by atoms with Crippen LogP contribution in [0, 0.1) is 13.8 Å². The number of hydrogen-bond donors (Lipinski definition) is 1. The van der Waals surface area contributed by atoms with Gasteiger partial charge in [0.2, 0.25) is 5.78 Å². The lowest BCUT2D eigenvalue weighted by molar-refractivity contribution is -0.142. The molecule has 0 radical (unpaired) electrons. The first-order valence-corrected chi connectivity index (χ1v) is 10.7. The highest BCUT2D eigenvalue weighted by Gasteiger charge is 2.19. The van der Waals surface area contributed by atoms with Crippen molar-refractivity contribution in [2.75, 3.05) is 6.61 Å². The van der Waals surface area contributed by atoms with E-state index in [9.17, 15) is 9.59 Å². The molecule has 0 amide bonds. The van der Waals surface area contributed by atoms with Gasteiger partial charge in [0, 0.05) is 52.0 Å². The number of hydrogen-bond acceptors (Lipinski definition) is 5. The number of carbonyl (C=O) groups is 2. The van der Waals surface area contributed by atoms with E-state index in [1.54, 1.807) is 6.20 Å². The number of fused-ring (bicyclic) bond motifs is 1. The predicted octanol–water partition coefficient (Wildman–Crippen LogP) is 4.78. The maximum atomic E-state index is 12.6. The van der Waals surface area contributed by atoms with Crippen molar-refractivity contribution in [3.8, 4) is 5.13 Å². The van der Waals surface area contributed by atoms with Crippen LogP contribution in [0.3, 0.4) is 0 Å². The van der Waals surface area contributed by atoms with Crippen LogP contribution < -0.4 is 0 Å². The summed E-state index contributed by atoms with van der Waals surface area (Å²) in [5.41, 5.74) is 4.58. The number of aryl methyl sites for hydroxylation is 2. The van der Waals surface area contributed by atoms with Gasteiger partial charge in [-0.2, -0.15) is 0 Å². The van der Waals surface area contributed by atoms with E-state index in [1.165, 1.54) is 22.3 Å². The van der Waals surface area contributed by atoms with Crippen LogP contribution in [0.15, 0.2) is 48.1 Å². The Hall–Kier alpha value is -3.19. The van der Waals surface area contributed by atoms with Crippen molar-refractivity contribution in [1.82, 2.24) is 14.5 Å². The number of H-pyrrole nitrogens is 1. The summed E-state index contributed by atoms with van der Waals surface area (Å²) in [6.07, 6.45) is 5.45. The minimum atomic E-state index is -0.350. The lowest BCUT2D eigenvalue weighted by atomic mass is 10.1. The lowest BCUT2D eigenvalue weighted by Gasteiger charge is -2.06. The molecule has 30 heavy (non-hydrogen) atoms. The minimum Gasteiger partial charge on any atom is -0.457 e. The number of benzene rings is 1. The first kappa shape index (κ1) is 20.1. The fraction of sp³-hybridized carbons (Fsp3) is 0.261. The van der Waals surface area contributed by atoms with Gasteiger partial charge in [0.1, 0.15) is 0 Å². The summed E-state index contributed by atoms with van der Waals surface area (Å²) < 4.78 is 7.19. The third-order valence-electron chi connectivity index (χ3n) is 5.21. The Balaban J connectivity index is 1.30. The predicted molar refractivity (Wildman–Crippen MR) is 117 cm³/mol. The summed E-state index contributed by atoms with van der Waals surface area (Å²) in [7, 11) is 0. The Kier molecular flexibility index (Phi) is 5.81. The van der Waals surface area contributed by atoms with E-state index in [1.807, 2.05) is 54.3 Å². The molecule has 0 saturated carbocycles. The molecular weight excluding hydrogens is 398 g/mol. The summed E-state index contributed by atoms with van der Waals surface area (Å²) >= 11 is 1.51. The molecule has 1 N–H and O–H groups in total. The van der Waals surface area contributed by atoms with Gasteiger partial charge in [-0.1, -0.05) is 18.2 Å². The van der Waals surface area contributed by atoms with Gasteiger partial charge in [0.15, 0.2) is 11.7 Å². The number of carbonyl (C=O) groups excluding carboxylic acids is 2. The average Bonchev–Trinajstić information content (AvgIpc) is 3.46. The first-order chi connectivity index (χ1) is 14.5. The fourth-order valence-corrected chi connectivity index (χ4v) is 4.47. The monoisotopic (exact) mass is 421 g/mol. The van der Waals surface area contributed by atoms with Gasteiger partial charge < -0.3 is 9.72 Å². The third-order valence-corrected chi connectivity index (χ3v) is 5.96. The standard InChI is InChI=1S/C23H23N3O3S/c1-15-12-19(16(2)26(15)23-24-10-11-30-23)21(27)14-29-22(28)9-5-6-17-13-25-20-8-4-3-7-18(17)20/h3-4,7-8,10-13,25H,5-6,9,14H2,1-2H3. The number of aromatic amines is 1. The Bertz CT molecular complexity index is 1190. The lowest BCUT2D eigenvalue weighted by Crippen LogP contribution is -2.15. The van der Waals surface area contributed by atoms with Gasteiger partial charge in [-0.05, 0) is 44.4 Å². The van der Waals surface area contributed by atoms with Crippen LogP contribution in [-0.4, -0.2) is 32.9 Å². The second-order valence-electron chi connectivity index (χ2n) is 7.23.